The number of nitrogens with two attached hydrogens (primary N) is 1. The smallest absolute Gasteiger partial charge is 0.0239 e. The van der Waals surface area contributed by atoms with E-state index in [0.717, 1.165) is 12.5 Å². The molecule has 0 amide bonds. The van der Waals surface area contributed by atoms with Crippen LogP contribution in [0.1, 0.15) is 51.5 Å². The molecule has 2 fully saturated rings. The first-order chi connectivity index (χ1) is 9.56. The number of rotatable bonds is 4. The summed E-state index contributed by atoms with van der Waals surface area (Å²) in [5.41, 5.74) is 7.96. The molecular formula is C18H28N2. The topological polar surface area (TPSA) is 29.3 Å². The summed E-state index contributed by atoms with van der Waals surface area (Å²) in [5.74, 6) is 0.833. The van der Waals surface area contributed by atoms with Crippen LogP contribution < -0.4 is 5.73 Å². The van der Waals surface area contributed by atoms with Gasteiger partial charge in [0.1, 0.15) is 0 Å². The molecule has 1 aromatic rings. The molecule has 1 saturated heterocycles. The molecule has 20 heavy (non-hydrogen) atoms. The van der Waals surface area contributed by atoms with Crippen LogP contribution in [0.15, 0.2) is 30.3 Å². The van der Waals surface area contributed by atoms with E-state index in [1.165, 1.54) is 37.7 Å². The highest BCUT2D eigenvalue weighted by atomic mass is 15.2. The molecule has 2 nitrogen and oxygen atoms in total. The maximum absolute atomic E-state index is 6.31. The molecule has 2 aliphatic rings. The Labute approximate surface area is 123 Å². The number of nitrogens with zero attached hydrogens (tertiary/aromatic N) is 1. The molecule has 2 heteroatoms. The molecule has 0 spiro atoms. The Morgan fingerprint density at radius 2 is 1.70 bits per heavy atom. The van der Waals surface area contributed by atoms with E-state index in [2.05, 4.69) is 49.1 Å². The third kappa shape index (κ3) is 3.24. The average Bonchev–Trinajstić information content (AvgIpc) is 3.12. The highest BCUT2D eigenvalue weighted by Crippen LogP contribution is 2.42. The molecular weight excluding hydrogens is 244 g/mol. The van der Waals surface area contributed by atoms with Crippen molar-refractivity contribution in [1.82, 2.24) is 4.90 Å². The van der Waals surface area contributed by atoms with E-state index >= 15 is 0 Å². The summed E-state index contributed by atoms with van der Waals surface area (Å²) in [6.07, 6.45) is 6.38. The van der Waals surface area contributed by atoms with E-state index in [0.29, 0.717) is 12.1 Å². The Bertz CT molecular complexity index is 426. The third-order valence-electron chi connectivity index (χ3n) is 5.28. The van der Waals surface area contributed by atoms with Crippen molar-refractivity contribution >= 4 is 0 Å². The number of benzene rings is 1. The molecule has 3 rings (SSSR count). The first-order valence-corrected chi connectivity index (χ1v) is 8.14. The molecule has 0 aromatic heterocycles. The van der Waals surface area contributed by atoms with E-state index in [-0.39, 0.29) is 5.54 Å². The van der Waals surface area contributed by atoms with Crippen molar-refractivity contribution in [1.29, 1.82) is 0 Å². The summed E-state index contributed by atoms with van der Waals surface area (Å²) in [6, 6.07) is 12.2. The summed E-state index contributed by atoms with van der Waals surface area (Å²) in [5, 5.41) is 0. The lowest BCUT2D eigenvalue weighted by molar-refractivity contribution is 0.0570. The van der Waals surface area contributed by atoms with Crippen LogP contribution in [0.3, 0.4) is 0 Å². The van der Waals surface area contributed by atoms with Gasteiger partial charge in [-0.25, -0.2) is 0 Å². The molecule has 1 unspecified atom stereocenters. The maximum Gasteiger partial charge on any atom is 0.0239 e. The van der Waals surface area contributed by atoms with E-state index in [4.69, 9.17) is 5.73 Å². The average molecular weight is 272 g/mol. The van der Waals surface area contributed by atoms with Crippen LogP contribution >= 0.6 is 0 Å². The summed E-state index contributed by atoms with van der Waals surface area (Å²) < 4.78 is 0. The Kier molecular flexibility index (Phi) is 3.87. The number of hydrogen-bond acceptors (Lipinski definition) is 2. The minimum atomic E-state index is 0.214. The van der Waals surface area contributed by atoms with Gasteiger partial charge in [0.15, 0.2) is 0 Å². The maximum atomic E-state index is 6.31. The molecule has 0 bridgehead atoms. The van der Waals surface area contributed by atoms with Gasteiger partial charge in [0.2, 0.25) is 0 Å². The molecule has 110 valence electrons. The Morgan fingerprint density at radius 1 is 1.10 bits per heavy atom. The summed E-state index contributed by atoms with van der Waals surface area (Å²) in [4.78, 5) is 2.67. The van der Waals surface area contributed by atoms with Crippen molar-refractivity contribution in [3.8, 4) is 0 Å². The van der Waals surface area contributed by atoms with Crippen LogP contribution in [0, 0.1) is 5.92 Å². The zero-order chi connectivity index (χ0) is 14.2. The standard InChI is InChI=1S/C18H28N2/c1-14-10-17(12-18(19)8-9-18)11-15(2)20(14)13-16-6-4-3-5-7-16/h3-7,14-15,17H,8-13,19H2,1-2H3/t14-,15+,17?. The van der Waals surface area contributed by atoms with Gasteiger partial charge in [0, 0.05) is 24.2 Å². The SMILES string of the molecule is C[C@@H]1CC(CC2(N)CC2)C[C@H](C)N1Cc1ccccc1. The van der Waals surface area contributed by atoms with Gasteiger partial charge in [-0.1, -0.05) is 30.3 Å². The fraction of sp³-hybridized carbons (Fsp3) is 0.667. The van der Waals surface area contributed by atoms with Gasteiger partial charge in [-0.05, 0) is 57.4 Å². The van der Waals surface area contributed by atoms with Crippen LogP contribution in [0.4, 0.5) is 0 Å². The number of likely N-dealkylation sites (tertiary alicyclic amines) is 1. The third-order valence-corrected chi connectivity index (χ3v) is 5.28. The van der Waals surface area contributed by atoms with Crippen molar-refractivity contribution in [2.75, 3.05) is 0 Å². The van der Waals surface area contributed by atoms with Gasteiger partial charge in [0.05, 0.1) is 0 Å². The van der Waals surface area contributed by atoms with Crippen LogP contribution in [0.2, 0.25) is 0 Å². The summed E-state index contributed by atoms with van der Waals surface area (Å²) in [7, 11) is 0. The predicted molar refractivity (Wildman–Crippen MR) is 84.4 cm³/mol. The van der Waals surface area contributed by atoms with Gasteiger partial charge >= 0.3 is 0 Å². The van der Waals surface area contributed by atoms with Gasteiger partial charge in [0.25, 0.3) is 0 Å². The first-order valence-electron chi connectivity index (χ1n) is 8.14. The van der Waals surface area contributed by atoms with Crippen LogP contribution in [0.25, 0.3) is 0 Å². The second kappa shape index (κ2) is 5.50. The molecule has 0 radical (unpaired) electrons. The molecule has 1 aliphatic carbocycles. The fourth-order valence-electron chi connectivity index (χ4n) is 3.98. The van der Waals surface area contributed by atoms with Crippen molar-refractivity contribution in [3.63, 3.8) is 0 Å². The highest BCUT2D eigenvalue weighted by Gasteiger charge is 2.42. The zero-order valence-corrected chi connectivity index (χ0v) is 12.9. The monoisotopic (exact) mass is 272 g/mol. The van der Waals surface area contributed by atoms with E-state index in [1.807, 2.05) is 0 Å². The van der Waals surface area contributed by atoms with Crippen molar-refractivity contribution < 1.29 is 0 Å². The molecule has 1 heterocycles. The molecule has 2 N–H and O–H groups in total. The normalized spacial score (nSPS) is 33.0. The molecule has 3 atom stereocenters. The van der Waals surface area contributed by atoms with Gasteiger partial charge in [-0.2, -0.15) is 0 Å². The van der Waals surface area contributed by atoms with Gasteiger partial charge < -0.3 is 5.73 Å². The number of hydrogen-bond donors (Lipinski definition) is 1. The lowest BCUT2D eigenvalue weighted by atomic mass is 9.82. The fourth-order valence-corrected chi connectivity index (χ4v) is 3.98. The lowest BCUT2D eigenvalue weighted by Crippen LogP contribution is -2.47. The molecule has 1 aliphatic heterocycles. The first kappa shape index (κ1) is 14.1. The van der Waals surface area contributed by atoms with E-state index in [1.54, 1.807) is 0 Å². The van der Waals surface area contributed by atoms with Gasteiger partial charge in [-0.3, -0.25) is 4.90 Å². The van der Waals surface area contributed by atoms with Crippen molar-refractivity contribution in [2.45, 2.75) is 70.1 Å². The van der Waals surface area contributed by atoms with Crippen LogP contribution in [-0.4, -0.2) is 22.5 Å². The molecule has 1 aromatic carbocycles. The van der Waals surface area contributed by atoms with Crippen LogP contribution in [-0.2, 0) is 6.54 Å². The highest BCUT2D eigenvalue weighted by molar-refractivity contribution is 5.15. The summed E-state index contributed by atoms with van der Waals surface area (Å²) >= 11 is 0. The summed E-state index contributed by atoms with van der Waals surface area (Å²) in [6.45, 7) is 5.87. The molecule has 1 saturated carbocycles. The Balaban J connectivity index is 1.60. The predicted octanol–water partition coefficient (Wildman–Crippen LogP) is 3.56. The van der Waals surface area contributed by atoms with Gasteiger partial charge in [-0.15, -0.1) is 0 Å². The second-order valence-corrected chi connectivity index (χ2v) is 7.26. The minimum absolute atomic E-state index is 0.214. The second-order valence-electron chi connectivity index (χ2n) is 7.26. The number of piperidine rings is 1. The Hall–Kier alpha value is -0.860. The van der Waals surface area contributed by atoms with Crippen molar-refractivity contribution in [2.24, 2.45) is 11.7 Å². The van der Waals surface area contributed by atoms with E-state index < -0.39 is 0 Å². The van der Waals surface area contributed by atoms with E-state index in [9.17, 15) is 0 Å². The lowest BCUT2D eigenvalue weighted by Gasteiger charge is -2.43. The Morgan fingerprint density at radius 3 is 2.25 bits per heavy atom. The van der Waals surface area contributed by atoms with Crippen LogP contribution in [0.5, 0.6) is 0 Å². The quantitative estimate of drug-likeness (QED) is 0.908. The largest absolute Gasteiger partial charge is 0.325 e. The zero-order valence-electron chi connectivity index (χ0n) is 12.9. The minimum Gasteiger partial charge on any atom is -0.325 e. The van der Waals surface area contributed by atoms with Crippen molar-refractivity contribution in [3.05, 3.63) is 35.9 Å².